The zero-order valence-corrected chi connectivity index (χ0v) is 15.8. The van der Waals surface area contributed by atoms with Crippen LogP contribution in [-0.4, -0.2) is 19.0 Å². The third kappa shape index (κ3) is 6.79. The Kier molecular flexibility index (Phi) is 7.37. The van der Waals surface area contributed by atoms with Crippen molar-refractivity contribution in [3.63, 3.8) is 0 Å². The number of rotatable bonds is 5. The monoisotopic (exact) mass is 341 g/mol. The number of anilines is 1. The molecular weight excluding hydrogens is 314 g/mol. The number of esters is 1. The lowest BCUT2D eigenvalue weighted by atomic mass is 9.86. The molecule has 0 aliphatic carbocycles. The Bertz CT molecular complexity index is 719. The molecule has 1 aromatic rings. The van der Waals surface area contributed by atoms with Crippen LogP contribution in [0.3, 0.4) is 0 Å². The van der Waals surface area contributed by atoms with Crippen LogP contribution in [0.1, 0.15) is 40.2 Å². The molecular formula is C21H27NO3. The molecule has 1 rings (SSSR count). The fourth-order valence-corrected chi connectivity index (χ4v) is 2.18. The van der Waals surface area contributed by atoms with E-state index in [0.29, 0.717) is 5.57 Å². The van der Waals surface area contributed by atoms with E-state index in [2.05, 4.69) is 30.8 Å². The second-order valence-corrected chi connectivity index (χ2v) is 6.87. The number of hydrogen-bond donors (Lipinski definition) is 1. The Hall–Kier alpha value is -2.62. The fraction of sp³-hybridized carbons (Fsp3) is 0.333. The molecule has 25 heavy (non-hydrogen) atoms. The van der Waals surface area contributed by atoms with E-state index in [-0.39, 0.29) is 11.3 Å². The van der Waals surface area contributed by atoms with Crippen LogP contribution < -0.4 is 5.32 Å². The SMILES string of the molecule is COC(=O)/C=C(C)/C=C/C=C(\C)C(=O)Nc1ccccc1C(C)(C)C. The van der Waals surface area contributed by atoms with Crippen molar-refractivity contribution in [2.75, 3.05) is 12.4 Å². The van der Waals surface area contributed by atoms with Gasteiger partial charge in [0.1, 0.15) is 0 Å². The molecule has 0 aliphatic heterocycles. The molecule has 0 bridgehead atoms. The van der Waals surface area contributed by atoms with Gasteiger partial charge in [0.25, 0.3) is 5.91 Å². The van der Waals surface area contributed by atoms with Gasteiger partial charge in [0, 0.05) is 17.3 Å². The number of allylic oxidation sites excluding steroid dienone is 4. The first-order chi connectivity index (χ1) is 11.6. The van der Waals surface area contributed by atoms with E-state index in [9.17, 15) is 9.59 Å². The molecule has 4 heteroatoms. The first-order valence-corrected chi connectivity index (χ1v) is 8.17. The van der Waals surface area contributed by atoms with Crippen LogP contribution in [0, 0.1) is 0 Å². The van der Waals surface area contributed by atoms with Crippen molar-refractivity contribution in [2.24, 2.45) is 0 Å². The number of para-hydroxylation sites is 1. The highest BCUT2D eigenvalue weighted by atomic mass is 16.5. The summed E-state index contributed by atoms with van der Waals surface area (Å²) in [5.41, 5.74) is 3.17. The number of hydrogen-bond acceptors (Lipinski definition) is 3. The Balaban J connectivity index is 2.85. The molecule has 134 valence electrons. The van der Waals surface area contributed by atoms with Crippen LogP contribution in [0.25, 0.3) is 0 Å². The smallest absolute Gasteiger partial charge is 0.330 e. The molecule has 0 atom stereocenters. The zero-order valence-electron chi connectivity index (χ0n) is 15.8. The first-order valence-electron chi connectivity index (χ1n) is 8.17. The lowest BCUT2D eigenvalue weighted by molar-refractivity contribution is -0.134. The van der Waals surface area contributed by atoms with Gasteiger partial charge in [-0.2, -0.15) is 0 Å². The van der Waals surface area contributed by atoms with E-state index in [4.69, 9.17) is 0 Å². The lowest BCUT2D eigenvalue weighted by Crippen LogP contribution is -2.19. The summed E-state index contributed by atoms with van der Waals surface area (Å²) in [6.07, 6.45) is 6.58. The van der Waals surface area contributed by atoms with Gasteiger partial charge in [0.2, 0.25) is 0 Å². The second kappa shape index (κ2) is 9.02. The Labute approximate surface area is 150 Å². The predicted molar refractivity (Wildman–Crippen MR) is 102 cm³/mol. The van der Waals surface area contributed by atoms with Gasteiger partial charge in [-0.05, 0) is 36.5 Å². The number of nitrogens with one attached hydrogen (secondary N) is 1. The molecule has 0 heterocycles. The molecule has 0 aromatic heterocycles. The van der Waals surface area contributed by atoms with Gasteiger partial charge < -0.3 is 10.1 Å². The predicted octanol–water partition coefficient (Wildman–Crippen LogP) is 4.54. The first kappa shape index (κ1) is 20.4. The maximum atomic E-state index is 12.4. The molecule has 0 fully saturated rings. The summed E-state index contributed by atoms with van der Waals surface area (Å²) < 4.78 is 4.56. The summed E-state index contributed by atoms with van der Waals surface area (Å²) >= 11 is 0. The number of ether oxygens (including phenoxy) is 1. The molecule has 0 saturated carbocycles. The number of carbonyl (C=O) groups is 2. The lowest BCUT2D eigenvalue weighted by Gasteiger charge is -2.23. The molecule has 1 N–H and O–H groups in total. The van der Waals surface area contributed by atoms with Gasteiger partial charge in [0.15, 0.2) is 0 Å². The van der Waals surface area contributed by atoms with Crippen LogP contribution in [0.15, 0.2) is 59.7 Å². The average molecular weight is 341 g/mol. The zero-order chi connectivity index (χ0) is 19.0. The van der Waals surface area contributed by atoms with Crippen LogP contribution in [-0.2, 0) is 19.7 Å². The van der Waals surface area contributed by atoms with Crippen LogP contribution in [0.5, 0.6) is 0 Å². The van der Waals surface area contributed by atoms with E-state index in [1.54, 1.807) is 32.1 Å². The van der Waals surface area contributed by atoms with E-state index >= 15 is 0 Å². The summed E-state index contributed by atoms with van der Waals surface area (Å²) in [7, 11) is 1.33. The summed E-state index contributed by atoms with van der Waals surface area (Å²) in [5, 5.41) is 2.97. The van der Waals surface area contributed by atoms with Crippen LogP contribution in [0.4, 0.5) is 5.69 Å². The number of amides is 1. The largest absolute Gasteiger partial charge is 0.466 e. The topological polar surface area (TPSA) is 55.4 Å². The Morgan fingerprint density at radius 1 is 1.12 bits per heavy atom. The fourth-order valence-electron chi connectivity index (χ4n) is 2.18. The summed E-state index contributed by atoms with van der Waals surface area (Å²) in [6.45, 7) is 9.87. The summed E-state index contributed by atoms with van der Waals surface area (Å²) in [4.78, 5) is 23.5. The molecule has 0 spiro atoms. The van der Waals surface area contributed by atoms with Gasteiger partial charge in [-0.1, -0.05) is 57.2 Å². The number of benzene rings is 1. The third-order valence-electron chi connectivity index (χ3n) is 3.59. The van der Waals surface area contributed by atoms with E-state index in [0.717, 1.165) is 16.8 Å². The molecule has 0 radical (unpaired) electrons. The van der Waals surface area contributed by atoms with Gasteiger partial charge in [-0.15, -0.1) is 0 Å². The van der Waals surface area contributed by atoms with Crippen molar-refractivity contribution in [2.45, 2.75) is 40.0 Å². The maximum Gasteiger partial charge on any atom is 0.330 e. The minimum Gasteiger partial charge on any atom is -0.466 e. The maximum absolute atomic E-state index is 12.4. The number of methoxy groups -OCH3 is 1. The summed E-state index contributed by atoms with van der Waals surface area (Å²) in [5.74, 6) is -0.560. The highest BCUT2D eigenvalue weighted by molar-refractivity contribution is 6.04. The van der Waals surface area contributed by atoms with Crippen molar-refractivity contribution in [1.29, 1.82) is 0 Å². The molecule has 0 saturated heterocycles. The number of carbonyl (C=O) groups excluding carboxylic acids is 2. The van der Waals surface area contributed by atoms with Gasteiger partial charge in [0.05, 0.1) is 7.11 Å². The third-order valence-corrected chi connectivity index (χ3v) is 3.59. The van der Waals surface area contributed by atoms with Gasteiger partial charge in [-0.25, -0.2) is 4.79 Å². The van der Waals surface area contributed by atoms with E-state index in [1.807, 2.05) is 24.3 Å². The minimum atomic E-state index is -0.403. The molecule has 0 aliphatic rings. The van der Waals surface area contributed by atoms with Crippen molar-refractivity contribution in [3.8, 4) is 0 Å². The molecule has 1 amide bonds. The molecule has 0 unspecified atom stereocenters. The molecule has 1 aromatic carbocycles. The van der Waals surface area contributed by atoms with Crippen LogP contribution >= 0.6 is 0 Å². The standard InChI is InChI=1S/C21H27NO3/c1-15(14-19(23)25-6)10-9-11-16(2)20(24)22-18-13-8-7-12-17(18)21(3,4)5/h7-14H,1-6H3,(H,22,24)/b10-9+,15-14+,16-11+. The van der Waals surface area contributed by atoms with Crippen molar-refractivity contribution in [1.82, 2.24) is 0 Å². The van der Waals surface area contributed by atoms with Crippen LogP contribution in [0.2, 0.25) is 0 Å². The summed E-state index contributed by atoms with van der Waals surface area (Å²) in [6, 6.07) is 7.81. The van der Waals surface area contributed by atoms with E-state index < -0.39 is 5.97 Å². The quantitative estimate of drug-likeness (QED) is 0.486. The van der Waals surface area contributed by atoms with Gasteiger partial charge >= 0.3 is 5.97 Å². The van der Waals surface area contributed by atoms with Crippen molar-refractivity contribution < 1.29 is 14.3 Å². The molecule has 4 nitrogen and oxygen atoms in total. The van der Waals surface area contributed by atoms with Crippen molar-refractivity contribution in [3.05, 3.63) is 65.3 Å². The Morgan fingerprint density at radius 2 is 1.76 bits per heavy atom. The highest BCUT2D eigenvalue weighted by Crippen LogP contribution is 2.29. The highest BCUT2D eigenvalue weighted by Gasteiger charge is 2.18. The van der Waals surface area contributed by atoms with Crippen molar-refractivity contribution >= 4 is 17.6 Å². The van der Waals surface area contributed by atoms with Gasteiger partial charge in [-0.3, -0.25) is 4.79 Å². The minimum absolute atomic E-state index is 0.0583. The normalized spacial score (nSPS) is 13.0. The average Bonchev–Trinajstić information content (AvgIpc) is 2.53. The Morgan fingerprint density at radius 3 is 2.36 bits per heavy atom. The second-order valence-electron chi connectivity index (χ2n) is 6.87. The van der Waals surface area contributed by atoms with E-state index in [1.165, 1.54) is 13.2 Å².